The van der Waals surface area contributed by atoms with Gasteiger partial charge < -0.3 is 11.1 Å². The Kier molecular flexibility index (Phi) is 3.13. The first-order valence-corrected chi connectivity index (χ1v) is 5.87. The van der Waals surface area contributed by atoms with Crippen LogP contribution in [-0.2, 0) is 0 Å². The third-order valence-electron chi connectivity index (χ3n) is 2.30. The van der Waals surface area contributed by atoms with Crippen molar-refractivity contribution in [3.63, 3.8) is 0 Å². The maximum Gasteiger partial charge on any atom is 0.147 e. The van der Waals surface area contributed by atoms with Gasteiger partial charge in [0.1, 0.15) is 12.1 Å². The molecule has 0 saturated carbocycles. The minimum atomic E-state index is 0.176. The van der Waals surface area contributed by atoms with Crippen molar-refractivity contribution in [3.05, 3.63) is 17.8 Å². The van der Waals surface area contributed by atoms with Gasteiger partial charge in [0.05, 0.1) is 10.2 Å². The van der Waals surface area contributed by atoms with Crippen molar-refractivity contribution >= 4 is 27.4 Å². The van der Waals surface area contributed by atoms with E-state index in [4.69, 9.17) is 5.73 Å². The lowest BCUT2D eigenvalue weighted by atomic mass is 10.2. The molecule has 1 atom stereocenters. The summed E-state index contributed by atoms with van der Waals surface area (Å²) in [5.41, 5.74) is 6.83. The largest absolute Gasteiger partial charge is 0.367 e. The van der Waals surface area contributed by atoms with Gasteiger partial charge in [-0.05, 0) is 17.9 Å². The van der Waals surface area contributed by atoms with Crippen LogP contribution in [0.1, 0.15) is 13.3 Å². The van der Waals surface area contributed by atoms with E-state index in [1.54, 1.807) is 17.7 Å². The average molecular weight is 222 g/mol. The van der Waals surface area contributed by atoms with Crippen LogP contribution in [0, 0.1) is 0 Å². The fourth-order valence-corrected chi connectivity index (χ4v) is 2.10. The van der Waals surface area contributed by atoms with Crippen LogP contribution in [0.3, 0.4) is 0 Å². The van der Waals surface area contributed by atoms with Gasteiger partial charge in [0.25, 0.3) is 0 Å². The monoisotopic (exact) mass is 222 g/mol. The second kappa shape index (κ2) is 4.55. The van der Waals surface area contributed by atoms with Crippen LogP contribution in [0.2, 0.25) is 0 Å². The second-order valence-electron chi connectivity index (χ2n) is 3.41. The summed E-state index contributed by atoms with van der Waals surface area (Å²) in [5.74, 6) is 0.888. The lowest BCUT2D eigenvalue weighted by Gasteiger charge is -2.10. The van der Waals surface area contributed by atoms with Gasteiger partial charge in [0, 0.05) is 12.6 Å². The molecular formula is C10H14N4S. The maximum absolute atomic E-state index is 5.84. The van der Waals surface area contributed by atoms with Crippen molar-refractivity contribution in [3.8, 4) is 0 Å². The number of rotatable bonds is 4. The lowest BCUT2D eigenvalue weighted by molar-refractivity contribution is 0.678. The third-order valence-corrected chi connectivity index (χ3v) is 3.21. The smallest absolute Gasteiger partial charge is 0.147 e. The van der Waals surface area contributed by atoms with E-state index in [0.29, 0.717) is 0 Å². The Morgan fingerprint density at radius 2 is 2.40 bits per heavy atom. The second-order valence-corrected chi connectivity index (χ2v) is 4.32. The van der Waals surface area contributed by atoms with Crippen LogP contribution in [-0.4, -0.2) is 22.6 Å². The molecule has 0 aromatic carbocycles. The quantitative estimate of drug-likeness (QED) is 0.828. The Hall–Kier alpha value is -1.20. The van der Waals surface area contributed by atoms with E-state index in [-0.39, 0.29) is 6.04 Å². The molecule has 0 aliphatic heterocycles. The van der Waals surface area contributed by atoms with E-state index >= 15 is 0 Å². The molecule has 2 aromatic heterocycles. The molecule has 0 aliphatic carbocycles. The van der Waals surface area contributed by atoms with Crippen molar-refractivity contribution < 1.29 is 0 Å². The van der Waals surface area contributed by atoms with Gasteiger partial charge in [-0.1, -0.05) is 6.92 Å². The zero-order chi connectivity index (χ0) is 10.7. The van der Waals surface area contributed by atoms with Gasteiger partial charge in [-0.3, -0.25) is 0 Å². The highest BCUT2D eigenvalue weighted by molar-refractivity contribution is 7.17. The highest BCUT2D eigenvalue weighted by atomic mass is 32.1. The van der Waals surface area contributed by atoms with Crippen LogP contribution >= 0.6 is 11.3 Å². The molecule has 0 bridgehead atoms. The van der Waals surface area contributed by atoms with E-state index < -0.39 is 0 Å². The summed E-state index contributed by atoms with van der Waals surface area (Å²) >= 11 is 1.64. The number of nitrogens with two attached hydrogens (primary N) is 1. The predicted molar refractivity (Wildman–Crippen MR) is 64.2 cm³/mol. The number of anilines is 1. The highest BCUT2D eigenvalue weighted by Crippen LogP contribution is 2.24. The number of nitrogens with one attached hydrogen (secondary N) is 1. The molecule has 3 N–H and O–H groups in total. The molecule has 5 heteroatoms. The summed E-state index contributed by atoms with van der Waals surface area (Å²) in [6.07, 6.45) is 2.54. The zero-order valence-electron chi connectivity index (χ0n) is 8.60. The van der Waals surface area contributed by atoms with E-state index in [0.717, 1.165) is 29.0 Å². The van der Waals surface area contributed by atoms with Gasteiger partial charge in [0.2, 0.25) is 0 Å². The first kappa shape index (κ1) is 10.3. The summed E-state index contributed by atoms with van der Waals surface area (Å²) in [5, 5.41) is 5.28. The van der Waals surface area contributed by atoms with E-state index in [1.807, 2.05) is 11.4 Å². The summed E-state index contributed by atoms with van der Waals surface area (Å²) in [6.45, 7) is 2.83. The van der Waals surface area contributed by atoms with Crippen molar-refractivity contribution in [2.75, 3.05) is 11.9 Å². The Labute approximate surface area is 92.5 Å². The Bertz CT molecular complexity index is 440. The minimum Gasteiger partial charge on any atom is -0.367 e. The van der Waals surface area contributed by atoms with Crippen LogP contribution in [0.5, 0.6) is 0 Å². The number of hydrogen-bond donors (Lipinski definition) is 2. The number of fused-ring (bicyclic) bond motifs is 1. The van der Waals surface area contributed by atoms with Crippen molar-refractivity contribution in [1.29, 1.82) is 0 Å². The predicted octanol–water partition coefficient (Wildman–Crippen LogP) is 1.84. The van der Waals surface area contributed by atoms with Crippen molar-refractivity contribution in [2.24, 2.45) is 5.73 Å². The molecule has 0 spiro atoms. The van der Waals surface area contributed by atoms with Crippen LogP contribution in [0.4, 0.5) is 5.82 Å². The van der Waals surface area contributed by atoms with Gasteiger partial charge in [0.15, 0.2) is 0 Å². The van der Waals surface area contributed by atoms with Gasteiger partial charge in [-0.25, -0.2) is 9.97 Å². The van der Waals surface area contributed by atoms with Crippen LogP contribution in [0.25, 0.3) is 10.2 Å². The summed E-state index contributed by atoms with van der Waals surface area (Å²) in [6, 6.07) is 2.17. The van der Waals surface area contributed by atoms with Crippen LogP contribution < -0.4 is 11.1 Å². The summed E-state index contributed by atoms with van der Waals surface area (Å²) in [4.78, 5) is 8.40. The number of hydrogen-bond acceptors (Lipinski definition) is 5. The first-order valence-electron chi connectivity index (χ1n) is 4.99. The molecule has 0 fully saturated rings. The molecule has 1 unspecified atom stereocenters. The van der Waals surface area contributed by atoms with E-state index in [9.17, 15) is 0 Å². The van der Waals surface area contributed by atoms with Crippen molar-refractivity contribution in [1.82, 2.24) is 9.97 Å². The summed E-state index contributed by atoms with van der Waals surface area (Å²) in [7, 11) is 0. The molecule has 15 heavy (non-hydrogen) atoms. The Morgan fingerprint density at radius 3 is 3.20 bits per heavy atom. The minimum absolute atomic E-state index is 0.176. The zero-order valence-corrected chi connectivity index (χ0v) is 9.42. The molecule has 80 valence electrons. The molecule has 0 radical (unpaired) electrons. The number of thiophene rings is 1. The highest BCUT2D eigenvalue weighted by Gasteiger charge is 2.05. The standard InChI is InChI=1S/C10H14N4S/c1-2-7(11)5-12-10-9-8(3-4-15-9)13-6-14-10/h3-4,6-7H,2,5,11H2,1H3,(H,12,13,14). The van der Waals surface area contributed by atoms with Gasteiger partial charge in [-0.15, -0.1) is 11.3 Å². The Morgan fingerprint density at radius 1 is 1.53 bits per heavy atom. The molecule has 4 nitrogen and oxygen atoms in total. The molecule has 0 amide bonds. The van der Waals surface area contributed by atoms with Crippen LogP contribution in [0.15, 0.2) is 17.8 Å². The van der Waals surface area contributed by atoms with E-state index in [2.05, 4.69) is 22.2 Å². The van der Waals surface area contributed by atoms with Crippen molar-refractivity contribution in [2.45, 2.75) is 19.4 Å². The fourth-order valence-electron chi connectivity index (χ4n) is 1.29. The first-order chi connectivity index (χ1) is 7.31. The molecule has 2 aromatic rings. The molecule has 0 aliphatic rings. The number of nitrogens with zero attached hydrogens (tertiary/aromatic N) is 2. The fraction of sp³-hybridized carbons (Fsp3) is 0.400. The molecule has 2 rings (SSSR count). The van der Waals surface area contributed by atoms with Gasteiger partial charge in [-0.2, -0.15) is 0 Å². The molecule has 0 saturated heterocycles. The van der Waals surface area contributed by atoms with E-state index in [1.165, 1.54) is 0 Å². The maximum atomic E-state index is 5.84. The SMILES string of the molecule is CCC(N)CNc1ncnc2ccsc12. The normalized spacial score (nSPS) is 12.9. The molecular weight excluding hydrogens is 208 g/mol. The molecule has 2 heterocycles. The topological polar surface area (TPSA) is 63.8 Å². The van der Waals surface area contributed by atoms with Gasteiger partial charge >= 0.3 is 0 Å². The lowest BCUT2D eigenvalue weighted by Crippen LogP contribution is -2.28. The number of aromatic nitrogens is 2. The third kappa shape index (κ3) is 2.24. The Balaban J connectivity index is 2.17. The summed E-state index contributed by atoms with van der Waals surface area (Å²) < 4.78 is 1.10. The average Bonchev–Trinajstić information content (AvgIpc) is 2.74.